The maximum atomic E-state index is 13.7. The van der Waals surface area contributed by atoms with Crippen LogP contribution in [0.25, 0.3) is 10.9 Å². The smallest absolute Gasteiger partial charge is 0.222 e. The summed E-state index contributed by atoms with van der Waals surface area (Å²) in [5.74, 6) is -1.11. The average molecular weight is 272 g/mol. The highest BCUT2D eigenvalue weighted by Crippen LogP contribution is 2.27. The molecule has 0 aliphatic carbocycles. The number of halogens is 2. The Bertz CT molecular complexity index is 769. The molecule has 6 heteroatoms. The Labute approximate surface area is 113 Å². The van der Waals surface area contributed by atoms with Gasteiger partial charge in [0.1, 0.15) is 23.1 Å². The molecule has 20 heavy (non-hydrogen) atoms. The minimum absolute atomic E-state index is 0.0305. The number of hydrogen-bond acceptors (Lipinski definition) is 4. The second-order valence-corrected chi connectivity index (χ2v) is 4.17. The molecule has 1 aromatic heterocycles. The van der Waals surface area contributed by atoms with E-state index in [-0.39, 0.29) is 17.5 Å². The van der Waals surface area contributed by atoms with Gasteiger partial charge in [-0.1, -0.05) is 18.2 Å². The number of nitrogens with two attached hydrogens (primary N) is 1. The van der Waals surface area contributed by atoms with Crippen LogP contribution < -0.4 is 11.1 Å². The first kappa shape index (κ1) is 12.3. The maximum Gasteiger partial charge on any atom is 0.222 e. The molecule has 0 spiro atoms. The Balaban J connectivity index is 2.16. The Kier molecular flexibility index (Phi) is 2.90. The van der Waals surface area contributed by atoms with Crippen molar-refractivity contribution in [1.29, 1.82) is 0 Å². The summed E-state index contributed by atoms with van der Waals surface area (Å²) in [7, 11) is 0. The van der Waals surface area contributed by atoms with Crippen LogP contribution in [0.15, 0.2) is 42.5 Å². The Morgan fingerprint density at radius 2 is 1.60 bits per heavy atom. The van der Waals surface area contributed by atoms with E-state index in [1.165, 1.54) is 6.07 Å². The van der Waals surface area contributed by atoms with Gasteiger partial charge in [0.25, 0.3) is 0 Å². The van der Waals surface area contributed by atoms with Crippen LogP contribution in [0.1, 0.15) is 0 Å². The average Bonchev–Trinajstić information content (AvgIpc) is 2.42. The molecular weight excluding hydrogens is 262 g/mol. The standard InChI is InChI=1S/C14H10F2N4/c15-9-5-3-6-10(16)12(9)19-13-8-4-1-2-7-11(8)18-14(17)20-13/h1-7H,(H3,17,18,19,20). The van der Waals surface area contributed by atoms with Crippen molar-refractivity contribution in [1.82, 2.24) is 9.97 Å². The van der Waals surface area contributed by atoms with E-state index in [9.17, 15) is 8.78 Å². The number of nitrogen functional groups attached to an aromatic ring is 1. The molecule has 0 saturated carbocycles. The molecule has 0 bridgehead atoms. The van der Waals surface area contributed by atoms with Crippen LogP contribution in [0, 0.1) is 11.6 Å². The SMILES string of the molecule is Nc1nc(Nc2c(F)cccc2F)c2ccccc2n1. The van der Waals surface area contributed by atoms with Crippen LogP contribution >= 0.6 is 0 Å². The van der Waals surface area contributed by atoms with Crippen LogP contribution in [-0.4, -0.2) is 9.97 Å². The number of para-hydroxylation sites is 2. The topological polar surface area (TPSA) is 63.8 Å². The van der Waals surface area contributed by atoms with Crippen LogP contribution in [0.2, 0.25) is 0 Å². The summed E-state index contributed by atoms with van der Waals surface area (Å²) in [6.45, 7) is 0. The quantitative estimate of drug-likeness (QED) is 0.751. The fourth-order valence-corrected chi connectivity index (χ4v) is 1.93. The Morgan fingerprint density at radius 3 is 2.35 bits per heavy atom. The summed E-state index contributed by atoms with van der Waals surface area (Å²) in [4.78, 5) is 8.06. The number of rotatable bonds is 2. The van der Waals surface area contributed by atoms with Crippen molar-refractivity contribution in [2.75, 3.05) is 11.1 Å². The van der Waals surface area contributed by atoms with Gasteiger partial charge in [-0.2, -0.15) is 4.98 Å². The van der Waals surface area contributed by atoms with Gasteiger partial charge in [0, 0.05) is 5.39 Å². The van der Waals surface area contributed by atoms with E-state index in [2.05, 4.69) is 15.3 Å². The van der Waals surface area contributed by atoms with Gasteiger partial charge in [-0.3, -0.25) is 0 Å². The second-order valence-electron chi connectivity index (χ2n) is 4.17. The van der Waals surface area contributed by atoms with Crippen molar-refractivity contribution in [2.24, 2.45) is 0 Å². The van der Waals surface area contributed by atoms with Crippen molar-refractivity contribution >= 4 is 28.4 Å². The molecule has 0 radical (unpaired) electrons. The number of anilines is 3. The highest BCUT2D eigenvalue weighted by atomic mass is 19.1. The van der Waals surface area contributed by atoms with E-state index in [4.69, 9.17) is 5.73 Å². The minimum Gasteiger partial charge on any atom is -0.368 e. The second kappa shape index (κ2) is 4.73. The van der Waals surface area contributed by atoms with Crippen LogP contribution in [-0.2, 0) is 0 Å². The zero-order valence-electron chi connectivity index (χ0n) is 10.3. The predicted octanol–water partition coefficient (Wildman–Crippen LogP) is 3.23. The van der Waals surface area contributed by atoms with Crippen molar-refractivity contribution in [3.05, 3.63) is 54.1 Å². The molecule has 100 valence electrons. The molecule has 1 heterocycles. The molecule has 3 N–H and O–H groups in total. The number of aromatic nitrogens is 2. The number of nitrogens with one attached hydrogen (secondary N) is 1. The molecule has 0 unspecified atom stereocenters. The molecule has 0 saturated heterocycles. The monoisotopic (exact) mass is 272 g/mol. The largest absolute Gasteiger partial charge is 0.368 e. The lowest BCUT2D eigenvalue weighted by molar-refractivity contribution is 0.590. The van der Waals surface area contributed by atoms with Gasteiger partial charge in [-0.15, -0.1) is 0 Å². The summed E-state index contributed by atoms with van der Waals surface area (Å²) in [5.41, 5.74) is 5.93. The lowest BCUT2D eigenvalue weighted by atomic mass is 10.2. The summed E-state index contributed by atoms with van der Waals surface area (Å²) >= 11 is 0. The molecule has 0 atom stereocenters. The van der Waals surface area contributed by atoms with Crippen molar-refractivity contribution in [3.63, 3.8) is 0 Å². The van der Waals surface area contributed by atoms with Gasteiger partial charge in [-0.25, -0.2) is 13.8 Å². The van der Waals surface area contributed by atoms with Gasteiger partial charge in [0.2, 0.25) is 5.95 Å². The summed E-state index contributed by atoms with van der Waals surface area (Å²) in [6.07, 6.45) is 0. The highest BCUT2D eigenvalue weighted by Gasteiger charge is 2.12. The third-order valence-corrected chi connectivity index (χ3v) is 2.83. The first-order chi connectivity index (χ1) is 9.65. The van der Waals surface area contributed by atoms with E-state index >= 15 is 0 Å². The van der Waals surface area contributed by atoms with Crippen LogP contribution in [0.5, 0.6) is 0 Å². The predicted molar refractivity (Wildman–Crippen MR) is 73.6 cm³/mol. The van der Waals surface area contributed by atoms with Gasteiger partial charge >= 0.3 is 0 Å². The lowest BCUT2D eigenvalue weighted by Crippen LogP contribution is -2.03. The lowest BCUT2D eigenvalue weighted by Gasteiger charge is -2.10. The third-order valence-electron chi connectivity index (χ3n) is 2.83. The Morgan fingerprint density at radius 1 is 0.900 bits per heavy atom. The van der Waals surface area contributed by atoms with Gasteiger partial charge in [0.05, 0.1) is 5.52 Å². The summed E-state index contributed by atoms with van der Waals surface area (Å²) in [5, 5.41) is 3.27. The number of nitrogens with zero attached hydrogens (tertiary/aromatic N) is 2. The van der Waals surface area contributed by atoms with E-state index in [0.29, 0.717) is 10.9 Å². The van der Waals surface area contributed by atoms with E-state index in [1.807, 2.05) is 0 Å². The molecule has 2 aromatic carbocycles. The van der Waals surface area contributed by atoms with Gasteiger partial charge in [-0.05, 0) is 24.3 Å². The highest BCUT2D eigenvalue weighted by molar-refractivity contribution is 5.91. The Hall–Kier alpha value is -2.76. The van der Waals surface area contributed by atoms with E-state index < -0.39 is 11.6 Å². The van der Waals surface area contributed by atoms with Crippen LogP contribution in [0.4, 0.5) is 26.2 Å². The van der Waals surface area contributed by atoms with Gasteiger partial charge < -0.3 is 11.1 Å². The zero-order valence-corrected chi connectivity index (χ0v) is 10.3. The molecule has 0 amide bonds. The molecule has 0 aliphatic heterocycles. The zero-order chi connectivity index (χ0) is 14.1. The van der Waals surface area contributed by atoms with Gasteiger partial charge in [0.15, 0.2) is 0 Å². The maximum absolute atomic E-state index is 13.7. The number of benzene rings is 2. The molecule has 4 nitrogen and oxygen atoms in total. The van der Waals surface area contributed by atoms with E-state index in [0.717, 1.165) is 12.1 Å². The summed E-state index contributed by atoms with van der Waals surface area (Å²) in [6, 6.07) is 10.7. The molecule has 0 aliphatic rings. The fraction of sp³-hybridized carbons (Fsp3) is 0. The fourth-order valence-electron chi connectivity index (χ4n) is 1.93. The van der Waals surface area contributed by atoms with Crippen molar-refractivity contribution in [3.8, 4) is 0 Å². The van der Waals surface area contributed by atoms with Crippen LogP contribution in [0.3, 0.4) is 0 Å². The summed E-state index contributed by atoms with van der Waals surface area (Å²) < 4.78 is 27.3. The number of fused-ring (bicyclic) bond motifs is 1. The first-order valence-electron chi connectivity index (χ1n) is 5.88. The van der Waals surface area contributed by atoms with E-state index in [1.54, 1.807) is 24.3 Å². The molecule has 3 aromatic rings. The third kappa shape index (κ3) is 2.11. The molecular formula is C14H10F2N4. The minimum atomic E-state index is -0.703. The van der Waals surface area contributed by atoms with Crippen molar-refractivity contribution in [2.45, 2.75) is 0 Å². The molecule has 0 fully saturated rings. The van der Waals surface area contributed by atoms with Crippen molar-refractivity contribution < 1.29 is 8.78 Å². The normalized spacial score (nSPS) is 10.7. The molecule has 3 rings (SSSR count). The first-order valence-corrected chi connectivity index (χ1v) is 5.88. The number of hydrogen-bond donors (Lipinski definition) is 2.